The second-order valence-electron chi connectivity index (χ2n) is 3.99. The smallest absolute Gasteiger partial charge is 0.181 e. The van der Waals surface area contributed by atoms with E-state index >= 15 is 0 Å². The summed E-state index contributed by atoms with van der Waals surface area (Å²) in [7, 11) is 0. The molecule has 0 saturated carbocycles. The van der Waals surface area contributed by atoms with Crippen molar-refractivity contribution in [2.75, 3.05) is 5.73 Å². The maximum atomic E-state index is 9.20. The number of fused-ring (bicyclic) bond motifs is 1. The van der Waals surface area contributed by atoms with Gasteiger partial charge in [0, 0.05) is 0 Å². The van der Waals surface area contributed by atoms with Gasteiger partial charge in [-0.1, -0.05) is 25.2 Å². The number of hydrogen-bond donors (Lipinski definition) is 1. The number of aromatic nitrogens is 1. The van der Waals surface area contributed by atoms with Crippen LogP contribution >= 0.6 is 11.3 Å². The van der Waals surface area contributed by atoms with E-state index < -0.39 is 0 Å². The van der Waals surface area contributed by atoms with Crippen LogP contribution in [0.15, 0.2) is 6.07 Å². The van der Waals surface area contributed by atoms with Crippen LogP contribution in [0.25, 0.3) is 10.2 Å². The van der Waals surface area contributed by atoms with Crippen molar-refractivity contribution in [3.05, 3.63) is 22.8 Å². The van der Waals surface area contributed by atoms with E-state index in [-0.39, 0.29) is 5.92 Å². The number of nitrogens with two attached hydrogens (primary N) is 1. The third-order valence-corrected chi connectivity index (χ3v) is 3.48. The standard InChI is InChI=1S/C12H10N4S/c1-6(2)10-8(5-14)7(4-13)3-9-11(10)17-12(15)16-9/h3,6H,1-2H3,(H2,15,16). The van der Waals surface area contributed by atoms with E-state index in [1.54, 1.807) is 6.07 Å². The molecule has 0 radical (unpaired) electrons. The van der Waals surface area contributed by atoms with E-state index in [0.717, 1.165) is 10.3 Å². The van der Waals surface area contributed by atoms with Crippen LogP contribution < -0.4 is 5.73 Å². The molecule has 0 fully saturated rings. The van der Waals surface area contributed by atoms with Crippen molar-refractivity contribution in [3.63, 3.8) is 0 Å². The molecule has 2 aromatic rings. The largest absolute Gasteiger partial charge is 0.375 e. The Balaban J connectivity index is 2.98. The predicted molar refractivity (Wildman–Crippen MR) is 67.6 cm³/mol. The lowest BCUT2D eigenvalue weighted by Crippen LogP contribution is -1.97. The molecule has 0 atom stereocenters. The summed E-state index contributed by atoms with van der Waals surface area (Å²) in [6, 6.07) is 5.79. The maximum absolute atomic E-state index is 9.20. The number of anilines is 1. The molecule has 0 aliphatic carbocycles. The number of nitriles is 2. The Kier molecular flexibility index (Phi) is 2.71. The quantitative estimate of drug-likeness (QED) is 0.832. The van der Waals surface area contributed by atoms with Crippen molar-refractivity contribution in [2.24, 2.45) is 0 Å². The second-order valence-corrected chi connectivity index (χ2v) is 5.02. The molecule has 0 aliphatic heterocycles. The van der Waals surface area contributed by atoms with Crippen LogP contribution in [0.2, 0.25) is 0 Å². The predicted octanol–water partition coefficient (Wildman–Crippen LogP) is 2.75. The Labute approximate surface area is 103 Å². The molecule has 84 valence electrons. The fourth-order valence-corrected chi connectivity index (χ4v) is 2.88. The van der Waals surface area contributed by atoms with E-state index in [1.165, 1.54) is 11.3 Å². The molecule has 0 saturated heterocycles. The van der Waals surface area contributed by atoms with Gasteiger partial charge in [-0.25, -0.2) is 4.98 Å². The average molecular weight is 242 g/mol. The Morgan fingerprint density at radius 3 is 2.59 bits per heavy atom. The minimum Gasteiger partial charge on any atom is -0.375 e. The fourth-order valence-electron chi connectivity index (χ4n) is 1.87. The summed E-state index contributed by atoms with van der Waals surface area (Å²) in [5.74, 6) is 0.153. The molecule has 1 aromatic carbocycles. The summed E-state index contributed by atoms with van der Waals surface area (Å²) in [6.45, 7) is 3.99. The van der Waals surface area contributed by atoms with Gasteiger partial charge in [0.25, 0.3) is 0 Å². The molecule has 0 aliphatic rings. The minimum atomic E-state index is 0.153. The highest BCUT2D eigenvalue weighted by Gasteiger charge is 2.18. The van der Waals surface area contributed by atoms with Crippen LogP contribution in [-0.2, 0) is 0 Å². The molecule has 2 rings (SSSR count). The number of nitrogen functional groups attached to an aromatic ring is 1. The third-order valence-electron chi connectivity index (χ3n) is 2.54. The SMILES string of the molecule is CC(C)c1c(C#N)c(C#N)cc2nc(N)sc12. The summed E-state index contributed by atoms with van der Waals surface area (Å²) in [6.07, 6.45) is 0. The molecule has 0 amide bonds. The number of thiazole rings is 1. The van der Waals surface area contributed by atoms with Crippen LogP contribution in [0.3, 0.4) is 0 Å². The van der Waals surface area contributed by atoms with E-state index in [9.17, 15) is 5.26 Å². The van der Waals surface area contributed by atoms with Gasteiger partial charge >= 0.3 is 0 Å². The Morgan fingerprint density at radius 2 is 2.06 bits per heavy atom. The van der Waals surface area contributed by atoms with Gasteiger partial charge in [0.15, 0.2) is 5.13 Å². The first kappa shape index (κ1) is 11.4. The lowest BCUT2D eigenvalue weighted by atomic mass is 9.94. The molecule has 17 heavy (non-hydrogen) atoms. The minimum absolute atomic E-state index is 0.153. The van der Waals surface area contributed by atoms with E-state index in [4.69, 9.17) is 11.0 Å². The van der Waals surface area contributed by atoms with Crippen molar-refractivity contribution >= 4 is 26.7 Å². The van der Waals surface area contributed by atoms with Gasteiger partial charge in [0.2, 0.25) is 0 Å². The van der Waals surface area contributed by atoms with Crippen molar-refractivity contribution in [1.29, 1.82) is 10.5 Å². The highest BCUT2D eigenvalue weighted by molar-refractivity contribution is 7.22. The third kappa shape index (κ3) is 1.71. The molecule has 0 spiro atoms. The van der Waals surface area contributed by atoms with Crippen molar-refractivity contribution in [1.82, 2.24) is 4.98 Å². The fraction of sp³-hybridized carbons (Fsp3) is 0.250. The summed E-state index contributed by atoms with van der Waals surface area (Å²) in [4.78, 5) is 4.18. The molecule has 1 aromatic heterocycles. The number of nitrogens with zero attached hydrogens (tertiary/aromatic N) is 3. The Hall–Kier alpha value is -2.11. The van der Waals surface area contributed by atoms with E-state index in [0.29, 0.717) is 21.8 Å². The highest BCUT2D eigenvalue weighted by atomic mass is 32.1. The molecule has 4 nitrogen and oxygen atoms in total. The monoisotopic (exact) mass is 242 g/mol. The van der Waals surface area contributed by atoms with Gasteiger partial charge in [0.05, 0.1) is 21.3 Å². The van der Waals surface area contributed by atoms with E-state index in [1.807, 2.05) is 19.9 Å². The second kappa shape index (κ2) is 4.04. The maximum Gasteiger partial charge on any atom is 0.181 e. The lowest BCUT2D eigenvalue weighted by Gasteiger charge is -2.09. The van der Waals surface area contributed by atoms with Crippen LogP contribution in [0, 0.1) is 22.7 Å². The van der Waals surface area contributed by atoms with Crippen molar-refractivity contribution in [2.45, 2.75) is 19.8 Å². The zero-order valence-corrected chi connectivity index (χ0v) is 10.3. The van der Waals surface area contributed by atoms with Crippen LogP contribution in [0.4, 0.5) is 5.13 Å². The summed E-state index contributed by atoms with van der Waals surface area (Å²) in [5, 5.41) is 18.7. The zero-order valence-electron chi connectivity index (χ0n) is 9.48. The summed E-state index contributed by atoms with van der Waals surface area (Å²) < 4.78 is 0.910. The average Bonchev–Trinajstić information content (AvgIpc) is 2.65. The van der Waals surface area contributed by atoms with Crippen LogP contribution in [0.1, 0.15) is 36.5 Å². The molecule has 1 heterocycles. The highest BCUT2D eigenvalue weighted by Crippen LogP contribution is 2.35. The first-order valence-electron chi connectivity index (χ1n) is 5.11. The number of benzene rings is 1. The Morgan fingerprint density at radius 1 is 1.35 bits per heavy atom. The van der Waals surface area contributed by atoms with Gasteiger partial charge in [-0.05, 0) is 17.5 Å². The number of hydrogen-bond acceptors (Lipinski definition) is 5. The summed E-state index contributed by atoms with van der Waals surface area (Å²) >= 11 is 1.36. The van der Waals surface area contributed by atoms with Gasteiger partial charge in [-0.2, -0.15) is 10.5 Å². The topological polar surface area (TPSA) is 86.5 Å². The normalized spacial score (nSPS) is 10.4. The van der Waals surface area contributed by atoms with Gasteiger partial charge in [0.1, 0.15) is 12.1 Å². The molecule has 0 unspecified atom stereocenters. The number of rotatable bonds is 1. The molecular weight excluding hydrogens is 232 g/mol. The molecule has 2 N–H and O–H groups in total. The molecule has 0 bridgehead atoms. The van der Waals surface area contributed by atoms with Crippen molar-refractivity contribution < 1.29 is 0 Å². The van der Waals surface area contributed by atoms with Crippen LogP contribution in [-0.4, -0.2) is 4.98 Å². The molecular formula is C12H10N4S. The Bertz CT molecular complexity index is 670. The van der Waals surface area contributed by atoms with Gasteiger partial charge < -0.3 is 5.73 Å². The first-order chi connectivity index (χ1) is 8.08. The van der Waals surface area contributed by atoms with E-state index in [2.05, 4.69) is 11.1 Å². The zero-order chi connectivity index (χ0) is 12.6. The lowest BCUT2D eigenvalue weighted by molar-refractivity contribution is 0.873. The summed E-state index contributed by atoms with van der Waals surface area (Å²) in [5.41, 5.74) is 8.07. The van der Waals surface area contributed by atoms with Crippen LogP contribution in [0.5, 0.6) is 0 Å². The first-order valence-corrected chi connectivity index (χ1v) is 5.93. The molecule has 5 heteroatoms. The van der Waals surface area contributed by atoms with Crippen molar-refractivity contribution in [3.8, 4) is 12.1 Å². The van der Waals surface area contributed by atoms with Gasteiger partial charge in [-0.15, -0.1) is 0 Å². The van der Waals surface area contributed by atoms with Gasteiger partial charge in [-0.3, -0.25) is 0 Å².